The fourth-order valence-electron chi connectivity index (χ4n) is 2.48. The Kier molecular flexibility index (Phi) is 7.69. The number of ether oxygens (including phenoxy) is 2. The topological polar surface area (TPSA) is 92.2 Å². The first-order chi connectivity index (χ1) is 13.6. The van der Waals surface area contributed by atoms with Gasteiger partial charge in [0.15, 0.2) is 0 Å². The molecule has 0 atom stereocenters. The number of esters is 1. The zero-order valence-corrected chi connectivity index (χ0v) is 15.6. The lowest BCUT2D eigenvalue weighted by Gasteiger charge is -2.23. The second-order valence-corrected chi connectivity index (χ2v) is 5.61. The van der Waals surface area contributed by atoms with E-state index in [2.05, 4.69) is 11.4 Å². The molecule has 0 aliphatic rings. The minimum Gasteiger partial charge on any atom is -0.487 e. The van der Waals surface area contributed by atoms with Crippen LogP contribution in [0.4, 0.5) is 5.69 Å². The van der Waals surface area contributed by atoms with E-state index in [1.54, 1.807) is 37.3 Å². The molecule has 0 radical (unpaired) electrons. The summed E-state index contributed by atoms with van der Waals surface area (Å²) in [6, 6.07) is 16.1. The molecule has 2 rings (SSSR count). The largest absolute Gasteiger partial charge is 0.487 e. The molecule has 28 heavy (non-hydrogen) atoms. The van der Waals surface area contributed by atoms with Crippen LogP contribution in [0.5, 0.6) is 5.75 Å². The molecule has 0 unspecified atom stereocenters. The third-order valence-corrected chi connectivity index (χ3v) is 3.71. The van der Waals surface area contributed by atoms with Gasteiger partial charge >= 0.3 is 17.6 Å². The Labute approximate surface area is 163 Å². The molecular weight excluding hydrogens is 358 g/mol. The summed E-state index contributed by atoms with van der Waals surface area (Å²) in [7, 11) is 0. The third kappa shape index (κ3) is 5.16. The first-order valence-corrected chi connectivity index (χ1v) is 8.70. The summed E-state index contributed by atoms with van der Waals surface area (Å²) in [4.78, 5) is 29.3. The maximum absolute atomic E-state index is 13.1. The van der Waals surface area contributed by atoms with Gasteiger partial charge in [0, 0.05) is 0 Å². The second kappa shape index (κ2) is 10.4. The number of carbonyl (C=O) groups excluding carboxylic acids is 2. The smallest absolute Gasteiger partial charge is 0.463 e. The quantitative estimate of drug-likeness (QED) is 0.167. The molecule has 0 spiro atoms. The van der Waals surface area contributed by atoms with Crippen molar-refractivity contribution in [3.8, 4) is 5.75 Å². The molecule has 0 saturated heterocycles. The van der Waals surface area contributed by atoms with E-state index in [9.17, 15) is 15.1 Å². The summed E-state index contributed by atoms with van der Waals surface area (Å²) in [5.41, 5.74) is 9.78. The predicted molar refractivity (Wildman–Crippen MR) is 105 cm³/mol. The van der Waals surface area contributed by atoms with Crippen LogP contribution >= 0.6 is 0 Å². The van der Waals surface area contributed by atoms with Crippen molar-refractivity contribution >= 4 is 23.3 Å². The van der Waals surface area contributed by atoms with Gasteiger partial charge in [-0.05, 0) is 24.6 Å². The van der Waals surface area contributed by atoms with Crippen molar-refractivity contribution in [3.63, 3.8) is 0 Å². The minimum absolute atomic E-state index is 0.0445. The maximum atomic E-state index is 13.1. The highest BCUT2D eigenvalue weighted by Crippen LogP contribution is 2.29. The van der Waals surface area contributed by atoms with Crippen molar-refractivity contribution in [1.29, 1.82) is 0 Å². The van der Waals surface area contributed by atoms with Crippen LogP contribution in [-0.2, 0) is 20.9 Å². The molecule has 0 fully saturated rings. The standard InChI is InChI=1S/C21H21N3O4/c1-3-14-28-18-13-9-8-12-17(18)24(15-16-10-6-5-7-11-16)20(25)19(23-22)21(26)27-4-2/h3,5-13H,1,4,14-15H2,2H3. The van der Waals surface area contributed by atoms with Gasteiger partial charge < -0.3 is 15.0 Å². The molecular formula is C21H21N3O4. The van der Waals surface area contributed by atoms with E-state index in [1.807, 2.05) is 30.3 Å². The molecule has 0 aliphatic carbocycles. The van der Waals surface area contributed by atoms with Crippen LogP contribution < -0.4 is 9.64 Å². The summed E-state index contributed by atoms with van der Waals surface area (Å²) in [5, 5.41) is 0. The summed E-state index contributed by atoms with van der Waals surface area (Å²) in [6.45, 7) is 5.63. The first kappa shape index (κ1) is 20.6. The van der Waals surface area contributed by atoms with Gasteiger partial charge in [0.1, 0.15) is 12.4 Å². The van der Waals surface area contributed by atoms with Crippen LogP contribution in [0.15, 0.2) is 67.3 Å². The van der Waals surface area contributed by atoms with Gasteiger partial charge in [0.25, 0.3) is 0 Å². The molecule has 7 heteroatoms. The SMILES string of the molecule is C=CCOc1ccccc1N(Cc1ccccc1)C(=O)C(=[N+]=[N-])C(=O)OCC. The zero-order chi connectivity index (χ0) is 20.4. The van der Waals surface area contributed by atoms with Crippen LogP contribution in [0.2, 0.25) is 0 Å². The minimum atomic E-state index is -1.00. The third-order valence-electron chi connectivity index (χ3n) is 3.71. The van der Waals surface area contributed by atoms with E-state index in [0.717, 1.165) is 5.56 Å². The molecule has 2 aromatic carbocycles. The molecule has 0 heterocycles. The number of amides is 1. The van der Waals surface area contributed by atoms with E-state index < -0.39 is 17.6 Å². The average Bonchev–Trinajstić information content (AvgIpc) is 2.72. The van der Waals surface area contributed by atoms with Crippen molar-refractivity contribution in [2.24, 2.45) is 0 Å². The predicted octanol–water partition coefficient (Wildman–Crippen LogP) is 3.02. The van der Waals surface area contributed by atoms with E-state index in [4.69, 9.17) is 9.47 Å². The number of nitrogens with zero attached hydrogens (tertiary/aromatic N) is 3. The van der Waals surface area contributed by atoms with E-state index in [-0.39, 0.29) is 19.8 Å². The monoisotopic (exact) mass is 379 g/mol. The molecule has 7 nitrogen and oxygen atoms in total. The van der Waals surface area contributed by atoms with Crippen LogP contribution in [0.25, 0.3) is 5.53 Å². The van der Waals surface area contributed by atoms with Crippen LogP contribution in [0, 0.1) is 0 Å². The Morgan fingerprint density at radius 3 is 2.46 bits per heavy atom. The van der Waals surface area contributed by atoms with Crippen LogP contribution in [-0.4, -0.2) is 35.6 Å². The van der Waals surface area contributed by atoms with Gasteiger partial charge in [0.05, 0.1) is 18.8 Å². The van der Waals surface area contributed by atoms with Gasteiger partial charge in [-0.2, -0.15) is 4.79 Å². The first-order valence-electron chi connectivity index (χ1n) is 8.70. The molecule has 0 N–H and O–H groups in total. The number of hydrogen-bond acceptors (Lipinski definition) is 4. The van der Waals surface area contributed by atoms with Gasteiger partial charge in [-0.1, -0.05) is 55.1 Å². The summed E-state index contributed by atoms with van der Waals surface area (Å²) in [5.74, 6) is -1.38. The number of hydrogen-bond donors (Lipinski definition) is 0. The molecule has 0 bridgehead atoms. The van der Waals surface area contributed by atoms with Crippen molar-refractivity contribution in [2.45, 2.75) is 13.5 Å². The molecule has 0 aromatic heterocycles. The number of rotatable bonds is 9. The van der Waals surface area contributed by atoms with Crippen LogP contribution in [0.1, 0.15) is 12.5 Å². The van der Waals surface area contributed by atoms with Gasteiger partial charge in [-0.25, -0.2) is 4.79 Å². The van der Waals surface area contributed by atoms with Crippen molar-refractivity contribution in [2.75, 3.05) is 18.1 Å². The normalized spacial score (nSPS) is 9.75. The van der Waals surface area contributed by atoms with E-state index in [1.165, 1.54) is 4.90 Å². The second-order valence-electron chi connectivity index (χ2n) is 5.61. The highest BCUT2D eigenvalue weighted by atomic mass is 16.5. The molecule has 2 aromatic rings. The number of benzene rings is 2. The highest BCUT2D eigenvalue weighted by Gasteiger charge is 2.37. The van der Waals surface area contributed by atoms with Gasteiger partial charge in [0.2, 0.25) is 0 Å². The Bertz CT molecular complexity index is 890. The Hall–Kier alpha value is -3.70. The van der Waals surface area contributed by atoms with Gasteiger partial charge in [-0.15, -0.1) is 0 Å². The molecule has 144 valence electrons. The number of anilines is 1. The number of para-hydroxylation sites is 2. The fourth-order valence-corrected chi connectivity index (χ4v) is 2.48. The van der Waals surface area contributed by atoms with Crippen molar-refractivity contribution in [3.05, 3.63) is 78.3 Å². The Morgan fingerprint density at radius 2 is 1.82 bits per heavy atom. The summed E-state index contributed by atoms with van der Waals surface area (Å²) in [6.07, 6.45) is 1.58. The van der Waals surface area contributed by atoms with Crippen molar-refractivity contribution in [1.82, 2.24) is 0 Å². The van der Waals surface area contributed by atoms with E-state index in [0.29, 0.717) is 11.4 Å². The van der Waals surface area contributed by atoms with E-state index >= 15 is 0 Å². The van der Waals surface area contributed by atoms with Crippen LogP contribution in [0.3, 0.4) is 0 Å². The van der Waals surface area contributed by atoms with Crippen molar-refractivity contribution < 1.29 is 23.9 Å². The lowest BCUT2D eigenvalue weighted by molar-refractivity contribution is -0.141. The molecule has 1 amide bonds. The summed E-state index contributed by atoms with van der Waals surface area (Å²) >= 11 is 0. The molecule has 0 aliphatic heterocycles. The fraction of sp³-hybridized carbons (Fsp3) is 0.190. The highest BCUT2D eigenvalue weighted by molar-refractivity contribution is 6.64. The lowest BCUT2D eigenvalue weighted by Crippen LogP contribution is -2.41. The zero-order valence-electron chi connectivity index (χ0n) is 15.6. The Morgan fingerprint density at radius 1 is 1.14 bits per heavy atom. The summed E-state index contributed by atoms with van der Waals surface area (Å²) < 4.78 is 10.5. The molecule has 0 saturated carbocycles. The Balaban J connectivity index is 2.48. The lowest BCUT2D eigenvalue weighted by atomic mass is 10.1. The van der Waals surface area contributed by atoms with Gasteiger partial charge in [-0.3, -0.25) is 9.69 Å². The number of carbonyl (C=O) groups is 2. The maximum Gasteiger partial charge on any atom is 0.463 e. The average molecular weight is 379 g/mol.